The lowest BCUT2D eigenvalue weighted by molar-refractivity contribution is 0.542. The standard InChI is InChI=1S/C15H18N4/c1-2-12-4-3-5-13-6-7-18(15(12)13)8-9-19-11-14(16)10-17-19/h3-7,10-11H,2,8-9,16H2,1H3. The molecule has 0 atom stereocenters. The molecule has 0 aliphatic rings. The molecule has 3 rings (SSSR count). The van der Waals surface area contributed by atoms with E-state index in [2.05, 4.69) is 47.1 Å². The Kier molecular flexibility index (Phi) is 2.99. The van der Waals surface area contributed by atoms with Crippen LogP contribution in [0, 0.1) is 0 Å². The molecule has 0 spiro atoms. The van der Waals surface area contributed by atoms with E-state index in [-0.39, 0.29) is 0 Å². The van der Waals surface area contributed by atoms with Crippen molar-refractivity contribution in [2.75, 3.05) is 5.73 Å². The molecule has 2 N–H and O–H groups in total. The van der Waals surface area contributed by atoms with Crippen LogP contribution in [0.4, 0.5) is 5.69 Å². The van der Waals surface area contributed by atoms with Gasteiger partial charge in [-0.25, -0.2) is 0 Å². The Labute approximate surface area is 112 Å². The molecule has 3 aromatic rings. The number of benzene rings is 1. The van der Waals surface area contributed by atoms with Gasteiger partial charge in [-0.3, -0.25) is 4.68 Å². The fourth-order valence-corrected chi connectivity index (χ4v) is 2.52. The normalized spacial score (nSPS) is 11.2. The summed E-state index contributed by atoms with van der Waals surface area (Å²) in [6.45, 7) is 3.93. The number of rotatable bonds is 4. The molecule has 0 aliphatic carbocycles. The number of nitrogens with two attached hydrogens (primary N) is 1. The zero-order valence-corrected chi connectivity index (χ0v) is 11.1. The number of fused-ring (bicyclic) bond motifs is 1. The number of nitrogens with zero attached hydrogens (tertiary/aromatic N) is 3. The molecule has 2 aromatic heterocycles. The molecule has 0 saturated carbocycles. The number of anilines is 1. The summed E-state index contributed by atoms with van der Waals surface area (Å²) in [6, 6.07) is 8.66. The third-order valence-corrected chi connectivity index (χ3v) is 3.48. The molecule has 0 amide bonds. The zero-order valence-electron chi connectivity index (χ0n) is 11.1. The summed E-state index contributed by atoms with van der Waals surface area (Å²) < 4.78 is 4.18. The van der Waals surface area contributed by atoms with Gasteiger partial charge < -0.3 is 10.3 Å². The minimum atomic E-state index is 0.714. The van der Waals surface area contributed by atoms with Crippen molar-refractivity contribution in [3.8, 4) is 0 Å². The highest BCUT2D eigenvalue weighted by molar-refractivity contribution is 5.83. The first-order valence-corrected chi connectivity index (χ1v) is 6.62. The number of hydrogen-bond donors (Lipinski definition) is 1. The smallest absolute Gasteiger partial charge is 0.0719 e. The lowest BCUT2D eigenvalue weighted by Gasteiger charge is -2.09. The summed E-state index contributed by atoms with van der Waals surface area (Å²) in [6.07, 6.45) is 6.75. The van der Waals surface area contributed by atoms with Gasteiger partial charge in [-0.05, 0) is 23.4 Å². The van der Waals surface area contributed by atoms with Gasteiger partial charge in [0.25, 0.3) is 0 Å². The Morgan fingerprint density at radius 1 is 1.21 bits per heavy atom. The SMILES string of the molecule is CCc1cccc2ccn(CCn3cc(N)cn3)c12. The van der Waals surface area contributed by atoms with E-state index in [1.165, 1.54) is 16.5 Å². The maximum absolute atomic E-state index is 5.67. The largest absolute Gasteiger partial charge is 0.396 e. The van der Waals surface area contributed by atoms with Crippen molar-refractivity contribution in [1.82, 2.24) is 14.3 Å². The summed E-state index contributed by atoms with van der Waals surface area (Å²) in [7, 11) is 0. The van der Waals surface area contributed by atoms with Crippen molar-refractivity contribution in [2.45, 2.75) is 26.4 Å². The van der Waals surface area contributed by atoms with E-state index in [1.54, 1.807) is 6.20 Å². The summed E-state index contributed by atoms with van der Waals surface area (Å²) >= 11 is 0. The quantitative estimate of drug-likeness (QED) is 0.778. The molecule has 0 unspecified atom stereocenters. The van der Waals surface area contributed by atoms with Crippen LogP contribution in [-0.2, 0) is 19.5 Å². The van der Waals surface area contributed by atoms with Crippen LogP contribution in [0.15, 0.2) is 42.9 Å². The van der Waals surface area contributed by atoms with Crippen LogP contribution < -0.4 is 5.73 Å². The molecule has 0 saturated heterocycles. The molecule has 4 heteroatoms. The topological polar surface area (TPSA) is 48.8 Å². The summed E-state index contributed by atoms with van der Waals surface area (Å²) in [5, 5.41) is 5.52. The monoisotopic (exact) mass is 254 g/mol. The van der Waals surface area contributed by atoms with E-state index >= 15 is 0 Å². The molecule has 98 valence electrons. The predicted molar refractivity (Wildman–Crippen MR) is 78.0 cm³/mol. The van der Waals surface area contributed by atoms with Crippen LogP contribution in [0.5, 0.6) is 0 Å². The van der Waals surface area contributed by atoms with Gasteiger partial charge in [0.1, 0.15) is 0 Å². The van der Waals surface area contributed by atoms with Gasteiger partial charge in [0.15, 0.2) is 0 Å². The highest BCUT2D eigenvalue weighted by Crippen LogP contribution is 2.21. The van der Waals surface area contributed by atoms with Crippen molar-refractivity contribution < 1.29 is 0 Å². The van der Waals surface area contributed by atoms with Crippen LogP contribution in [0.3, 0.4) is 0 Å². The Morgan fingerprint density at radius 3 is 2.84 bits per heavy atom. The Hall–Kier alpha value is -2.23. The maximum atomic E-state index is 5.67. The molecule has 0 radical (unpaired) electrons. The van der Waals surface area contributed by atoms with Crippen molar-refractivity contribution in [3.63, 3.8) is 0 Å². The minimum absolute atomic E-state index is 0.714. The number of para-hydroxylation sites is 1. The van der Waals surface area contributed by atoms with Gasteiger partial charge in [0.2, 0.25) is 0 Å². The highest BCUT2D eigenvalue weighted by Gasteiger charge is 2.05. The number of nitrogen functional groups attached to an aromatic ring is 1. The van der Waals surface area contributed by atoms with Crippen molar-refractivity contribution >= 4 is 16.6 Å². The molecular formula is C15H18N4. The van der Waals surface area contributed by atoms with E-state index in [9.17, 15) is 0 Å². The van der Waals surface area contributed by atoms with Gasteiger partial charge in [0, 0.05) is 18.9 Å². The second-order valence-electron chi connectivity index (χ2n) is 4.75. The van der Waals surface area contributed by atoms with Gasteiger partial charge in [-0.2, -0.15) is 5.10 Å². The number of hydrogen-bond acceptors (Lipinski definition) is 2. The molecule has 2 heterocycles. The maximum Gasteiger partial charge on any atom is 0.0719 e. The Balaban J connectivity index is 1.88. The second kappa shape index (κ2) is 4.80. The van der Waals surface area contributed by atoms with E-state index < -0.39 is 0 Å². The van der Waals surface area contributed by atoms with E-state index in [1.807, 2.05) is 10.9 Å². The molecule has 19 heavy (non-hydrogen) atoms. The van der Waals surface area contributed by atoms with Gasteiger partial charge in [-0.15, -0.1) is 0 Å². The molecule has 1 aromatic carbocycles. The van der Waals surface area contributed by atoms with Crippen LogP contribution in [0.1, 0.15) is 12.5 Å². The highest BCUT2D eigenvalue weighted by atomic mass is 15.3. The lowest BCUT2D eigenvalue weighted by Crippen LogP contribution is -2.07. The van der Waals surface area contributed by atoms with Crippen LogP contribution in [0.2, 0.25) is 0 Å². The molecule has 0 bridgehead atoms. The summed E-state index contributed by atoms with van der Waals surface area (Å²) in [4.78, 5) is 0. The third kappa shape index (κ3) is 2.21. The van der Waals surface area contributed by atoms with Crippen molar-refractivity contribution in [3.05, 3.63) is 48.4 Å². The van der Waals surface area contributed by atoms with E-state index in [4.69, 9.17) is 5.73 Å². The van der Waals surface area contributed by atoms with Crippen LogP contribution in [-0.4, -0.2) is 14.3 Å². The first-order chi connectivity index (χ1) is 9.28. The summed E-state index contributed by atoms with van der Waals surface area (Å²) in [5.74, 6) is 0. The minimum Gasteiger partial charge on any atom is -0.396 e. The lowest BCUT2D eigenvalue weighted by atomic mass is 10.1. The van der Waals surface area contributed by atoms with Crippen LogP contribution >= 0.6 is 0 Å². The summed E-state index contributed by atoms with van der Waals surface area (Å²) in [5.41, 5.74) is 9.12. The van der Waals surface area contributed by atoms with Crippen molar-refractivity contribution in [2.24, 2.45) is 0 Å². The van der Waals surface area contributed by atoms with Crippen LogP contribution in [0.25, 0.3) is 10.9 Å². The van der Waals surface area contributed by atoms with E-state index in [0.717, 1.165) is 19.5 Å². The third-order valence-electron chi connectivity index (χ3n) is 3.48. The molecular weight excluding hydrogens is 236 g/mol. The van der Waals surface area contributed by atoms with E-state index in [0.29, 0.717) is 5.69 Å². The predicted octanol–water partition coefficient (Wildman–Crippen LogP) is 2.68. The van der Waals surface area contributed by atoms with Gasteiger partial charge in [-0.1, -0.05) is 25.1 Å². The molecule has 4 nitrogen and oxygen atoms in total. The Morgan fingerprint density at radius 2 is 2.11 bits per heavy atom. The first-order valence-electron chi connectivity index (χ1n) is 6.62. The molecule has 0 aliphatic heterocycles. The number of aromatic nitrogens is 3. The average Bonchev–Trinajstić information content (AvgIpc) is 3.02. The zero-order chi connectivity index (χ0) is 13.2. The fourth-order valence-electron chi connectivity index (χ4n) is 2.52. The Bertz CT molecular complexity index is 693. The fraction of sp³-hybridized carbons (Fsp3) is 0.267. The number of aryl methyl sites for hydroxylation is 3. The van der Waals surface area contributed by atoms with Crippen molar-refractivity contribution in [1.29, 1.82) is 0 Å². The average molecular weight is 254 g/mol. The van der Waals surface area contributed by atoms with Gasteiger partial charge in [0.05, 0.1) is 23.9 Å². The molecule has 0 fully saturated rings. The first kappa shape index (κ1) is 11.8. The van der Waals surface area contributed by atoms with Gasteiger partial charge >= 0.3 is 0 Å². The second-order valence-corrected chi connectivity index (χ2v) is 4.75.